The maximum Gasteiger partial charge on any atom is 0.294 e. The molecule has 0 aliphatic heterocycles. The maximum atomic E-state index is 11.3. The van der Waals surface area contributed by atoms with Crippen LogP contribution in [0.3, 0.4) is 0 Å². The first kappa shape index (κ1) is 23.7. The van der Waals surface area contributed by atoms with Gasteiger partial charge in [0.2, 0.25) is 0 Å². The van der Waals surface area contributed by atoms with Crippen LogP contribution in [0.1, 0.15) is 76.7 Å². The second kappa shape index (κ2) is 13.9. The molecule has 0 atom stereocenters. The Labute approximate surface area is 182 Å². The summed E-state index contributed by atoms with van der Waals surface area (Å²) in [6.07, 6.45) is 13.3. The van der Waals surface area contributed by atoms with E-state index in [1.807, 2.05) is 6.07 Å². The molecule has 0 aliphatic carbocycles. The van der Waals surface area contributed by atoms with Crippen LogP contribution in [0, 0.1) is 0 Å². The van der Waals surface area contributed by atoms with Crippen LogP contribution in [0.2, 0.25) is 0 Å². The summed E-state index contributed by atoms with van der Waals surface area (Å²) in [6.45, 7) is 2.24. The molecule has 2 radical (unpaired) electrons. The van der Waals surface area contributed by atoms with Gasteiger partial charge in [0.15, 0.2) is 0 Å². The van der Waals surface area contributed by atoms with Crippen molar-refractivity contribution in [3.63, 3.8) is 0 Å². The molecular weight excluding hydrogens is 434 g/mol. The molecule has 1 N–H and O–H groups in total. The molecule has 0 unspecified atom stereocenters. The molecule has 0 amide bonds. The molecule has 0 saturated carbocycles. The van der Waals surface area contributed by atoms with Gasteiger partial charge in [-0.15, -0.1) is 0 Å². The molecule has 0 spiro atoms. The molecule has 1 aromatic carbocycles. The number of aryl methyl sites for hydroxylation is 1. The Balaban J connectivity index is 0.00000484. The van der Waals surface area contributed by atoms with Crippen molar-refractivity contribution in [1.29, 1.82) is 0 Å². The van der Waals surface area contributed by atoms with Crippen molar-refractivity contribution in [3.05, 3.63) is 29.8 Å². The van der Waals surface area contributed by atoms with Crippen molar-refractivity contribution in [2.45, 2.75) is 82.4 Å². The fourth-order valence-electron chi connectivity index (χ4n) is 2.76. The first-order valence-electron chi connectivity index (χ1n) is 8.61. The van der Waals surface area contributed by atoms with E-state index in [0.717, 1.165) is 18.4 Å². The third-order valence-corrected chi connectivity index (χ3v) is 5.00. The van der Waals surface area contributed by atoms with Gasteiger partial charge in [-0.1, -0.05) is 82.9 Å². The van der Waals surface area contributed by atoms with Crippen LogP contribution in [-0.2, 0) is 16.5 Å². The average molecular weight is 464 g/mol. The van der Waals surface area contributed by atoms with E-state index in [1.165, 1.54) is 57.4 Å². The Morgan fingerprint density at radius 2 is 1.30 bits per heavy atom. The van der Waals surface area contributed by atoms with E-state index in [0.29, 0.717) is 6.42 Å². The van der Waals surface area contributed by atoms with Crippen LogP contribution in [0.5, 0.6) is 0 Å². The zero-order chi connectivity index (χ0) is 16.3. The van der Waals surface area contributed by atoms with Crippen molar-refractivity contribution in [3.8, 4) is 0 Å². The van der Waals surface area contributed by atoms with Gasteiger partial charge in [-0.2, -0.15) is 8.42 Å². The van der Waals surface area contributed by atoms with E-state index in [2.05, 4.69) is 6.92 Å². The van der Waals surface area contributed by atoms with E-state index in [1.54, 1.807) is 12.1 Å². The van der Waals surface area contributed by atoms with Crippen LogP contribution in [0.25, 0.3) is 0 Å². The monoisotopic (exact) mass is 464 g/mol. The standard InChI is InChI=1S/C18H30O3S.Ba/c1-2-3-4-5-6-7-8-9-10-11-14-17-15-12-13-16-18(17)22(19,20)21;/h12-13,15-16H,2-11,14H2,1H3,(H,19,20,21);. The molecule has 128 valence electrons. The summed E-state index contributed by atoms with van der Waals surface area (Å²) < 4.78 is 31.8. The Morgan fingerprint density at radius 3 is 1.83 bits per heavy atom. The molecule has 1 aromatic rings. The number of hydrogen-bond donors (Lipinski definition) is 1. The van der Waals surface area contributed by atoms with Gasteiger partial charge in [0.05, 0.1) is 4.90 Å². The predicted molar refractivity (Wildman–Crippen MR) is 97.6 cm³/mol. The quantitative estimate of drug-likeness (QED) is 0.269. The number of hydrogen-bond acceptors (Lipinski definition) is 2. The zero-order valence-electron chi connectivity index (χ0n) is 14.5. The maximum absolute atomic E-state index is 11.3. The minimum absolute atomic E-state index is 0. The van der Waals surface area contributed by atoms with Gasteiger partial charge < -0.3 is 0 Å². The molecule has 3 nitrogen and oxygen atoms in total. The molecule has 0 saturated heterocycles. The fourth-order valence-corrected chi connectivity index (χ4v) is 3.52. The summed E-state index contributed by atoms with van der Waals surface area (Å²) in [5.74, 6) is 0. The van der Waals surface area contributed by atoms with Gasteiger partial charge in [0.1, 0.15) is 0 Å². The summed E-state index contributed by atoms with van der Waals surface area (Å²) in [4.78, 5) is 0.0610. The number of benzene rings is 1. The summed E-state index contributed by atoms with van der Waals surface area (Å²) in [6, 6.07) is 6.73. The first-order chi connectivity index (χ1) is 10.6. The Hall–Kier alpha value is 0.701. The van der Waals surface area contributed by atoms with E-state index in [-0.39, 0.29) is 53.8 Å². The van der Waals surface area contributed by atoms with Crippen molar-refractivity contribution >= 4 is 59.0 Å². The average Bonchev–Trinajstić information content (AvgIpc) is 2.48. The molecule has 0 aliphatic rings. The SMILES string of the molecule is CCCCCCCCCCCCc1ccccc1S(=O)(=O)O.[Ba]. The van der Waals surface area contributed by atoms with E-state index in [4.69, 9.17) is 0 Å². The van der Waals surface area contributed by atoms with Crippen LogP contribution in [0.15, 0.2) is 29.2 Å². The second-order valence-corrected chi connectivity index (χ2v) is 7.40. The second-order valence-electron chi connectivity index (χ2n) is 6.01. The van der Waals surface area contributed by atoms with E-state index in [9.17, 15) is 13.0 Å². The van der Waals surface area contributed by atoms with Crippen molar-refractivity contribution in [2.75, 3.05) is 0 Å². The molecule has 0 heterocycles. The normalized spacial score (nSPS) is 11.2. The predicted octanol–water partition coefficient (Wildman–Crippen LogP) is 5.02. The molecule has 1 rings (SSSR count). The largest absolute Gasteiger partial charge is 0.294 e. The minimum atomic E-state index is -4.10. The number of rotatable bonds is 12. The summed E-state index contributed by atoms with van der Waals surface area (Å²) >= 11 is 0. The van der Waals surface area contributed by atoms with Gasteiger partial charge in [0.25, 0.3) is 10.1 Å². The van der Waals surface area contributed by atoms with Gasteiger partial charge in [-0.05, 0) is 24.5 Å². The molecule has 5 heteroatoms. The minimum Gasteiger partial charge on any atom is -0.282 e. The van der Waals surface area contributed by atoms with E-state index < -0.39 is 10.1 Å². The molecule has 0 fully saturated rings. The van der Waals surface area contributed by atoms with E-state index >= 15 is 0 Å². The van der Waals surface area contributed by atoms with Crippen LogP contribution < -0.4 is 0 Å². The molecule has 0 aromatic heterocycles. The van der Waals surface area contributed by atoms with Crippen molar-refractivity contribution < 1.29 is 13.0 Å². The summed E-state index contributed by atoms with van der Waals surface area (Å²) in [5, 5.41) is 0. The van der Waals surface area contributed by atoms with Crippen molar-refractivity contribution in [1.82, 2.24) is 0 Å². The topological polar surface area (TPSA) is 54.4 Å². The Kier molecular flexibility index (Phi) is 14.4. The van der Waals surface area contributed by atoms with Crippen LogP contribution in [0.4, 0.5) is 0 Å². The molecular formula is C18H30BaO3S. The molecule has 23 heavy (non-hydrogen) atoms. The zero-order valence-corrected chi connectivity index (χ0v) is 19.7. The smallest absolute Gasteiger partial charge is 0.282 e. The van der Waals surface area contributed by atoms with Gasteiger partial charge in [-0.3, -0.25) is 4.55 Å². The Bertz CT molecular complexity index is 515. The Morgan fingerprint density at radius 1 is 0.826 bits per heavy atom. The third-order valence-electron chi connectivity index (χ3n) is 4.05. The van der Waals surface area contributed by atoms with Crippen molar-refractivity contribution in [2.24, 2.45) is 0 Å². The first-order valence-corrected chi connectivity index (χ1v) is 10.0. The number of unbranched alkanes of at least 4 members (excludes halogenated alkanes) is 9. The third kappa shape index (κ3) is 11.0. The molecule has 0 bridgehead atoms. The van der Waals surface area contributed by atoms with Crippen LogP contribution in [-0.4, -0.2) is 61.9 Å². The van der Waals surface area contributed by atoms with Gasteiger partial charge in [0, 0.05) is 48.9 Å². The fraction of sp³-hybridized carbons (Fsp3) is 0.667. The van der Waals surface area contributed by atoms with Gasteiger partial charge in [-0.25, -0.2) is 0 Å². The summed E-state index contributed by atoms with van der Waals surface area (Å²) in [7, 11) is -4.10. The summed E-state index contributed by atoms with van der Waals surface area (Å²) in [5.41, 5.74) is 0.726. The van der Waals surface area contributed by atoms with Gasteiger partial charge >= 0.3 is 0 Å². The van der Waals surface area contributed by atoms with Crippen LogP contribution >= 0.6 is 0 Å².